The number of halogens is 1. The highest BCUT2D eigenvalue weighted by Gasteiger charge is 2.53. The van der Waals surface area contributed by atoms with Crippen molar-refractivity contribution in [2.75, 3.05) is 13.2 Å². The fraction of sp³-hybridized carbons (Fsp3) is 0.545. The molecule has 1 N–H and O–H groups in total. The Kier molecular flexibility index (Phi) is 6.15. The van der Waals surface area contributed by atoms with Gasteiger partial charge in [-0.15, -0.1) is 22.9 Å². The van der Waals surface area contributed by atoms with Gasteiger partial charge in [0, 0.05) is 30.7 Å². The number of aromatic nitrogens is 3. The van der Waals surface area contributed by atoms with Gasteiger partial charge in [0.1, 0.15) is 30.6 Å². The summed E-state index contributed by atoms with van der Waals surface area (Å²) in [6.45, 7) is 2.00. The number of Topliss-reactive ketones (excluding diaryl/α,β-unsaturated/α-hetero) is 1. The van der Waals surface area contributed by atoms with Gasteiger partial charge in [-0.2, -0.15) is 0 Å². The van der Waals surface area contributed by atoms with E-state index in [1.165, 1.54) is 16.2 Å². The molecular weight excluding hydrogens is 466 g/mol. The Balaban J connectivity index is 1.35. The minimum absolute atomic E-state index is 0.0108. The number of fused-ring (bicyclic) bond motifs is 1. The van der Waals surface area contributed by atoms with Gasteiger partial charge in [-0.1, -0.05) is 12.8 Å². The summed E-state index contributed by atoms with van der Waals surface area (Å²) in [6, 6.07) is -1.40. The Bertz CT molecular complexity index is 1070. The predicted octanol–water partition coefficient (Wildman–Crippen LogP) is 1.98. The van der Waals surface area contributed by atoms with Gasteiger partial charge in [0.2, 0.25) is 5.91 Å². The summed E-state index contributed by atoms with van der Waals surface area (Å²) in [6.07, 6.45) is 8.20. The molecule has 2 aromatic heterocycles. The van der Waals surface area contributed by atoms with Crippen molar-refractivity contribution < 1.29 is 19.1 Å². The third-order valence-electron chi connectivity index (χ3n) is 6.59. The fourth-order valence-corrected chi connectivity index (χ4v) is 6.06. The van der Waals surface area contributed by atoms with Crippen LogP contribution in [0.25, 0.3) is 10.4 Å². The molecule has 2 saturated heterocycles. The van der Waals surface area contributed by atoms with Gasteiger partial charge in [0.05, 0.1) is 10.3 Å². The van der Waals surface area contributed by atoms with Crippen LogP contribution in [0, 0.1) is 12.8 Å². The first-order valence-corrected chi connectivity index (χ1v) is 12.3. The molecule has 4 heterocycles. The number of alkyl halides is 1. The van der Waals surface area contributed by atoms with Crippen LogP contribution in [0.15, 0.2) is 18.6 Å². The number of ether oxygens (including phenoxy) is 1. The minimum atomic E-state index is -0.730. The van der Waals surface area contributed by atoms with Crippen LogP contribution in [0.3, 0.4) is 0 Å². The van der Waals surface area contributed by atoms with Crippen LogP contribution in [-0.4, -0.2) is 74.2 Å². The lowest BCUT2D eigenvalue weighted by Crippen LogP contribution is -2.54. The second-order valence-corrected chi connectivity index (χ2v) is 10.3. The zero-order valence-corrected chi connectivity index (χ0v) is 19.6. The molecule has 3 aliphatic rings. The summed E-state index contributed by atoms with van der Waals surface area (Å²) in [7, 11) is 0. The van der Waals surface area contributed by atoms with E-state index >= 15 is 0 Å². The number of nitrogens with zero attached hydrogens (tertiary/aromatic N) is 4. The molecule has 2 aliphatic heterocycles. The van der Waals surface area contributed by atoms with E-state index in [1.807, 2.05) is 0 Å². The third-order valence-corrected chi connectivity index (χ3v) is 8.03. The molecule has 0 bridgehead atoms. The van der Waals surface area contributed by atoms with E-state index in [4.69, 9.17) is 16.3 Å². The molecule has 1 saturated carbocycles. The van der Waals surface area contributed by atoms with Crippen LogP contribution >= 0.6 is 22.9 Å². The van der Waals surface area contributed by atoms with Crippen molar-refractivity contribution in [2.24, 2.45) is 5.92 Å². The molecule has 1 aliphatic carbocycles. The van der Waals surface area contributed by atoms with Gasteiger partial charge >= 0.3 is 0 Å². The number of carbonyl (C=O) groups is 3. The van der Waals surface area contributed by atoms with Crippen LogP contribution in [0.1, 0.15) is 41.3 Å². The number of hydrogen-bond donors (Lipinski definition) is 1. The van der Waals surface area contributed by atoms with E-state index in [0.29, 0.717) is 5.82 Å². The Morgan fingerprint density at radius 2 is 1.94 bits per heavy atom. The summed E-state index contributed by atoms with van der Waals surface area (Å²) in [5.41, 5.74) is 0.775. The normalized spacial score (nSPS) is 25.9. The molecule has 11 heteroatoms. The molecule has 4 atom stereocenters. The highest BCUT2D eigenvalue weighted by molar-refractivity contribution is 7.16. The minimum Gasteiger partial charge on any atom is -0.366 e. The lowest BCUT2D eigenvalue weighted by atomic mass is 9.96. The standard InChI is InChI=1S/C22H24ClN5O4S/c1-11-24-6-13(7-25-11)16-8-26-21(33-16)20(30)27-17(12-4-2-3-5-12)22(31)28-9-14(23)19-18(28)15(29)10-32-19/h6-8,12,14,17-19H,2-5,9-10H2,1H3,(H,27,30). The SMILES string of the molecule is Cc1ncc(-c2cnc(C(=O)NC(C(=O)N3CC(Cl)C4OCC(=O)C43)C3CCCC3)s2)cn1. The summed E-state index contributed by atoms with van der Waals surface area (Å²) >= 11 is 7.60. The zero-order chi connectivity index (χ0) is 23.1. The van der Waals surface area contributed by atoms with E-state index in [9.17, 15) is 14.4 Å². The van der Waals surface area contributed by atoms with E-state index in [0.717, 1.165) is 36.1 Å². The van der Waals surface area contributed by atoms with Gasteiger partial charge in [-0.3, -0.25) is 14.4 Å². The third kappa shape index (κ3) is 4.27. The van der Waals surface area contributed by atoms with Gasteiger partial charge in [0.15, 0.2) is 10.8 Å². The molecule has 0 aromatic carbocycles. The van der Waals surface area contributed by atoms with Crippen molar-refractivity contribution in [1.29, 1.82) is 0 Å². The Morgan fingerprint density at radius 1 is 1.21 bits per heavy atom. The fourth-order valence-electron chi connectivity index (χ4n) is 4.91. The second kappa shape index (κ2) is 9.08. The summed E-state index contributed by atoms with van der Waals surface area (Å²) in [5.74, 6) is -0.143. The van der Waals surface area contributed by atoms with Crippen LogP contribution < -0.4 is 5.32 Å². The first-order chi connectivity index (χ1) is 15.9. The van der Waals surface area contributed by atoms with E-state index in [2.05, 4.69) is 20.3 Å². The first kappa shape index (κ1) is 22.4. The lowest BCUT2D eigenvalue weighted by Gasteiger charge is -2.30. The molecular formula is C22H24ClN5O4S. The largest absolute Gasteiger partial charge is 0.366 e. The second-order valence-electron chi connectivity index (χ2n) is 8.74. The van der Waals surface area contributed by atoms with Crippen molar-refractivity contribution in [1.82, 2.24) is 25.2 Å². The van der Waals surface area contributed by atoms with Crippen molar-refractivity contribution in [3.63, 3.8) is 0 Å². The van der Waals surface area contributed by atoms with E-state index in [-0.39, 0.29) is 35.8 Å². The maximum absolute atomic E-state index is 13.6. The first-order valence-electron chi connectivity index (χ1n) is 11.1. The molecule has 5 rings (SSSR count). The summed E-state index contributed by atoms with van der Waals surface area (Å²) < 4.78 is 5.51. The summed E-state index contributed by atoms with van der Waals surface area (Å²) in [4.78, 5) is 54.0. The predicted molar refractivity (Wildman–Crippen MR) is 121 cm³/mol. The number of amides is 2. The highest BCUT2D eigenvalue weighted by Crippen LogP contribution is 2.34. The van der Waals surface area contributed by atoms with Crippen molar-refractivity contribution in [3.8, 4) is 10.4 Å². The average Bonchev–Trinajstić information content (AvgIpc) is 3.59. The average molecular weight is 490 g/mol. The van der Waals surface area contributed by atoms with Gasteiger partial charge in [-0.05, 0) is 25.7 Å². The van der Waals surface area contributed by atoms with Crippen LogP contribution in [0.2, 0.25) is 0 Å². The van der Waals surface area contributed by atoms with Crippen molar-refractivity contribution in [2.45, 2.75) is 56.2 Å². The number of ketones is 1. The maximum atomic E-state index is 13.6. The van der Waals surface area contributed by atoms with Crippen LogP contribution in [-0.2, 0) is 14.3 Å². The van der Waals surface area contributed by atoms with E-state index < -0.39 is 29.5 Å². The number of carbonyl (C=O) groups excluding carboxylic acids is 3. The number of thiazole rings is 1. The molecule has 3 fully saturated rings. The maximum Gasteiger partial charge on any atom is 0.280 e. The molecule has 4 unspecified atom stereocenters. The quantitative estimate of drug-likeness (QED) is 0.638. The highest BCUT2D eigenvalue weighted by atomic mass is 35.5. The van der Waals surface area contributed by atoms with Crippen LogP contribution in [0.4, 0.5) is 0 Å². The Morgan fingerprint density at radius 3 is 2.67 bits per heavy atom. The number of likely N-dealkylation sites (tertiary alicyclic amines) is 1. The molecule has 33 heavy (non-hydrogen) atoms. The zero-order valence-electron chi connectivity index (χ0n) is 18.1. The topological polar surface area (TPSA) is 114 Å². The number of rotatable bonds is 5. The van der Waals surface area contributed by atoms with Crippen LogP contribution in [0.5, 0.6) is 0 Å². The van der Waals surface area contributed by atoms with Gasteiger partial charge in [-0.25, -0.2) is 15.0 Å². The molecule has 0 radical (unpaired) electrons. The molecule has 174 valence electrons. The lowest BCUT2D eigenvalue weighted by molar-refractivity contribution is -0.139. The Hall–Kier alpha value is -2.43. The van der Waals surface area contributed by atoms with E-state index in [1.54, 1.807) is 25.5 Å². The summed E-state index contributed by atoms with van der Waals surface area (Å²) in [5, 5.41) is 2.75. The monoisotopic (exact) mass is 489 g/mol. The molecule has 0 spiro atoms. The molecule has 2 aromatic rings. The number of nitrogens with one attached hydrogen (secondary N) is 1. The molecule has 2 amide bonds. The molecule has 9 nitrogen and oxygen atoms in total. The van der Waals surface area contributed by atoms with Crippen molar-refractivity contribution in [3.05, 3.63) is 29.4 Å². The number of hydrogen-bond acceptors (Lipinski definition) is 8. The number of aryl methyl sites for hydroxylation is 1. The van der Waals surface area contributed by atoms with Crippen molar-refractivity contribution >= 4 is 40.5 Å². The smallest absolute Gasteiger partial charge is 0.280 e. The Labute approximate surface area is 199 Å². The van der Waals surface area contributed by atoms with Gasteiger partial charge < -0.3 is 15.0 Å². The van der Waals surface area contributed by atoms with Gasteiger partial charge in [0.25, 0.3) is 5.91 Å².